The standard InChI is InChI=1S/C13H20N2O3S/c1-10-5-3-7-12(14)13(10)19(16,17)15-8-4-6-11(9-15)18-2/h3,5,7,11H,4,6,8-9,14H2,1-2H3. The molecule has 5 nitrogen and oxygen atoms in total. The molecule has 1 aromatic carbocycles. The fourth-order valence-corrected chi connectivity index (χ4v) is 4.30. The van der Waals surface area contributed by atoms with E-state index in [1.54, 1.807) is 32.2 Å². The van der Waals surface area contributed by atoms with E-state index in [0.717, 1.165) is 12.8 Å². The van der Waals surface area contributed by atoms with Gasteiger partial charge in [-0.05, 0) is 31.4 Å². The first kappa shape index (κ1) is 14.3. The molecule has 1 fully saturated rings. The molecule has 0 bridgehead atoms. The summed E-state index contributed by atoms with van der Waals surface area (Å²) in [7, 11) is -1.92. The van der Waals surface area contributed by atoms with E-state index in [-0.39, 0.29) is 11.0 Å². The number of aryl methyl sites for hydroxylation is 1. The molecule has 19 heavy (non-hydrogen) atoms. The van der Waals surface area contributed by atoms with Crippen LogP contribution in [-0.2, 0) is 14.8 Å². The first-order valence-electron chi connectivity index (χ1n) is 6.35. The minimum Gasteiger partial charge on any atom is -0.398 e. The highest BCUT2D eigenvalue weighted by Crippen LogP contribution is 2.28. The zero-order valence-corrected chi connectivity index (χ0v) is 12.1. The van der Waals surface area contributed by atoms with Crippen LogP contribution in [0, 0.1) is 6.92 Å². The van der Waals surface area contributed by atoms with Crippen molar-refractivity contribution in [3.63, 3.8) is 0 Å². The largest absolute Gasteiger partial charge is 0.398 e. The molecule has 6 heteroatoms. The quantitative estimate of drug-likeness (QED) is 0.851. The maximum atomic E-state index is 12.7. The van der Waals surface area contributed by atoms with Crippen LogP contribution in [0.3, 0.4) is 0 Å². The third kappa shape index (κ3) is 2.75. The van der Waals surface area contributed by atoms with Crippen molar-refractivity contribution in [2.24, 2.45) is 0 Å². The second kappa shape index (κ2) is 5.48. The van der Waals surface area contributed by atoms with Crippen LogP contribution < -0.4 is 5.73 Å². The molecule has 1 aliphatic rings. The van der Waals surface area contributed by atoms with Gasteiger partial charge >= 0.3 is 0 Å². The number of rotatable bonds is 3. The average molecular weight is 284 g/mol. The molecule has 0 spiro atoms. The van der Waals surface area contributed by atoms with Crippen molar-refractivity contribution in [3.05, 3.63) is 23.8 Å². The van der Waals surface area contributed by atoms with Crippen molar-refractivity contribution in [1.82, 2.24) is 4.31 Å². The van der Waals surface area contributed by atoms with E-state index in [2.05, 4.69) is 0 Å². The topological polar surface area (TPSA) is 72.6 Å². The maximum absolute atomic E-state index is 12.7. The van der Waals surface area contributed by atoms with Crippen LogP contribution in [0.15, 0.2) is 23.1 Å². The molecule has 0 amide bonds. The molecule has 0 aromatic heterocycles. The maximum Gasteiger partial charge on any atom is 0.245 e. The molecular formula is C13H20N2O3S. The third-order valence-corrected chi connectivity index (χ3v) is 5.60. The van der Waals surface area contributed by atoms with Gasteiger partial charge in [-0.1, -0.05) is 12.1 Å². The molecular weight excluding hydrogens is 264 g/mol. The zero-order chi connectivity index (χ0) is 14.0. The Morgan fingerprint density at radius 2 is 2.16 bits per heavy atom. The second-order valence-corrected chi connectivity index (χ2v) is 6.73. The van der Waals surface area contributed by atoms with E-state index in [4.69, 9.17) is 10.5 Å². The normalized spacial score (nSPS) is 21.5. The summed E-state index contributed by atoms with van der Waals surface area (Å²) in [6.07, 6.45) is 1.67. The predicted molar refractivity (Wildman–Crippen MR) is 74.4 cm³/mol. The fourth-order valence-electron chi connectivity index (χ4n) is 2.47. The van der Waals surface area contributed by atoms with Gasteiger partial charge in [-0.2, -0.15) is 4.31 Å². The molecule has 1 aromatic rings. The number of nitrogen functional groups attached to an aromatic ring is 1. The van der Waals surface area contributed by atoms with Gasteiger partial charge < -0.3 is 10.5 Å². The predicted octanol–water partition coefficient (Wildman–Crippen LogP) is 1.38. The number of benzene rings is 1. The number of anilines is 1. The molecule has 1 unspecified atom stereocenters. The van der Waals surface area contributed by atoms with Gasteiger partial charge in [0, 0.05) is 20.2 Å². The minimum atomic E-state index is -3.54. The van der Waals surface area contributed by atoms with Gasteiger partial charge in [-0.3, -0.25) is 0 Å². The lowest BCUT2D eigenvalue weighted by Crippen LogP contribution is -2.43. The highest BCUT2D eigenvalue weighted by atomic mass is 32.2. The Balaban J connectivity index is 2.37. The molecule has 2 N–H and O–H groups in total. The van der Waals surface area contributed by atoms with Crippen molar-refractivity contribution in [2.45, 2.75) is 30.8 Å². The number of nitrogens with zero attached hydrogens (tertiary/aromatic N) is 1. The van der Waals surface area contributed by atoms with Crippen LogP contribution in [0.5, 0.6) is 0 Å². The molecule has 0 saturated carbocycles. The molecule has 1 atom stereocenters. The Morgan fingerprint density at radius 3 is 2.79 bits per heavy atom. The Bertz CT molecular complexity index is 537. The molecule has 1 saturated heterocycles. The van der Waals surface area contributed by atoms with Crippen LogP contribution in [0.4, 0.5) is 5.69 Å². The number of piperidine rings is 1. The van der Waals surface area contributed by atoms with Crippen LogP contribution in [0.25, 0.3) is 0 Å². The molecule has 106 valence electrons. The highest BCUT2D eigenvalue weighted by molar-refractivity contribution is 7.89. The van der Waals surface area contributed by atoms with Gasteiger partial charge in [-0.25, -0.2) is 8.42 Å². The molecule has 2 rings (SSSR count). The number of nitrogens with two attached hydrogens (primary N) is 1. The average Bonchev–Trinajstić information content (AvgIpc) is 2.38. The smallest absolute Gasteiger partial charge is 0.245 e. The summed E-state index contributed by atoms with van der Waals surface area (Å²) in [5, 5.41) is 0. The highest BCUT2D eigenvalue weighted by Gasteiger charge is 2.32. The number of sulfonamides is 1. The van der Waals surface area contributed by atoms with Crippen molar-refractivity contribution in [2.75, 3.05) is 25.9 Å². The summed E-state index contributed by atoms with van der Waals surface area (Å²) in [6.45, 7) is 2.68. The van der Waals surface area contributed by atoms with E-state index in [1.807, 2.05) is 0 Å². The van der Waals surface area contributed by atoms with Crippen molar-refractivity contribution in [1.29, 1.82) is 0 Å². The van der Waals surface area contributed by atoms with Crippen molar-refractivity contribution in [3.8, 4) is 0 Å². The van der Waals surface area contributed by atoms with Gasteiger partial charge in [0.15, 0.2) is 0 Å². The van der Waals surface area contributed by atoms with Gasteiger partial charge in [0.25, 0.3) is 0 Å². The van der Waals surface area contributed by atoms with E-state index < -0.39 is 10.0 Å². The van der Waals surface area contributed by atoms with Gasteiger partial charge in [-0.15, -0.1) is 0 Å². The number of hydrogen-bond donors (Lipinski definition) is 1. The van der Waals surface area contributed by atoms with E-state index in [1.165, 1.54) is 4.31 Å². The Labute approximate surface area is 114 Å². The third-order valence-electron chi connectivity index (χ3n) is 3.51. The van der Waals surface area contributed by atoms with Crippen LogP contribution in [-0.4, -0.2) is 39.0 Å². The Hall–Kier alpha value is -1.11. The second-order valence-electron chi connectivity index (χ2n) is 4.86. The zero-order valence-electron chi connectivity index (χ0n) is 11.3. The van der Waals surface area contributed by atoms with Gasteiger partial charge in [0.2, 0.25) is 10.0 Å². The molecule has 1 aliphatic heterocycles. The van der Waals surface area contributed by atoms with E-state index in [0.29, 0.717) is 24.3 Å². The fraction of sp³-hybridized carbons (Fsp3) is 0.538. The lowest BCUT2D eigenvalue weighted by atomic mass is 10.1. The Kier molecular flexibility index (Phi) is 4.13. The summed E-state index contributed by atoms with van der Waals surface area (Å²) in [5.74, 6) is 0. The molecule has 0 radical (unpaired) electrons. The number of ether oxygens (including phenoxy) is 1. The monoisotopic (exact) mass is 284 g/mol. The molecule has 1 heterocycles. The summed E-state index contributed by atoms with van der Waals surface area (Å²) in [6, 6.07) is 5.15. The first-order chi connectivity index (χ1) is 8.96. The summed E-state index contributed by atoms with van der Waals surface area (Å²) in [4.78, 5) is 0.228. The number of methoxy groups -OCH3 is 1. The van der Waals surface area contributed by atoms with E-state index >= 15 is 0 Å². The molecule has 0 aliphatic carbocycles. The van der Waals surface area contributed by atoms with Crippen molar-refractivity contribution < 1.29 is 13.2 Å². The number of hydrogen-bond acceptors (Lipinski definition) is 4. The summed E-state index contributed by atoms with van der Waals surface area (Å²) in [5.41, 5.74) is 6.83. The first-order valence-corrected chi connectivity index (χ1v) is 7.79. The van der Waals surface area contributed by atoms with Gasteiger partial charge in [0.1, 0.15) is 4.90 Å². The summed E-state index contributed by atoms with van der Waals surface area (Å²) >= 11 is 0. The van der Waals surface area contributed by atoms with E-state index in [9.17, 15) is 8.42 Å². The van der Waals surface area contributed by atoms with Crippen LogP contribution >= 0.6 is 0 Å². The Morgan fingerprint density at radius 1 is 1.42 bits per heavy atom. The minimum absolute atomic E-state index is 0.0335. The van der Waals surface area contributed by atoms with Gasteiger partial charge in [0.05, 0.1) is 11.8 Å². The summed E-state index contributed by atoms with van der Waals surface area (Å²) < 4.78 is 32.1. The van der Waals surface area contributed by atoms with Crippen LogP contribution in [0.2, 0.25) is 0 Å². The SMILES string of the molecule is COC1CCCN(S(=O)(=O)c2c(C)cccc2N)C1. The van der Waals surface area contributed by atoms with Crippen LogP contribution in [0.1, 0.15) is 18.4 Å². The van der Waals surface area contributed by atoms with Crippen molar-refractivity contribution >= 4 is 15.7 Å². The lowest BCUT2D eigenvalue weighted by Gasteiger charge is -2.31. The lowest BCUT2D eigenvalue weighted by molar-refractivity contribution is 0.0572.